The number of halogens is 3. The maximum Gasteiger partial charge on any atom is 0.417 e. The molecule has 4 amide bonds. The van der Waals surface area contributed by atoms with Gasteiger partial charge in [0.25, 0.3) is 11.8 Å². The third-order valence-corrected chi connectivity index (χ3v) is 7.22. The maximum atomic E-state index is 14.5. The van der Waals surface area contributed by atoms with Crippen LogP contribution in [0.2, 0.25) is 0 Å². The summed E-state index contributed by atoms with van der Waals surface area (Å²) in [5.74, 6) is -1.98. The number of nitrogens with one attached hydrogen (secondary N) is 1. The number of nitrogens with zero attached hydrogens (tertiary/aromatic N) is 3. The van der Waals surface area contributed by atoms with Crippen LogP contribution in [0.25, 0.3) is 0 Å². The minimum atomic E-state index is -4.92. The van der Waals surface area contributed by atoms with E-state index >= 15 is 0 Å². The van der Waals surface area contributed by atoms with Gasteiger partial charge in [0, 0.05) is 38.6 Å². The molecule has 10 nitrogen and oxygen atoms in total. The molecule has 0 saturated carbocycles. The van der Waals surface area contributed by atoms with E-state index in [1.165, 1.54) is 28.5 Å². The summed E-state index contributed by atoms with van der Waals surface area (Å²) in [6.07, 6.45) is -4.57. The van der Waals surface area contributed by atoms with E-state index < -0.39 is 58.5 Å². The second-order valence-corrected chi connectivity index (χ2v) is 12.7. The molecule has 1 saturated heterocycles. The van der Waals surface area contributed by atoms with E-state index in [0.29, 0.717) is 25.9 Å². The third-order valence-electron chi connectivity index (χ3n) is 7.22. The molecule has 2 aliphatic heterocycles. The average molecular weight is 613 g/mol. The van der Waals surface area contributed by atoms with Gasteiger partial charge >= 0.3 is 12.3 Å². The number of alkyl halides is 3. The fraction of sp³-hybridized carbons (Fsp3) is 0.667. The molecular weight excluding hydrogens is 569 g/mol. The van der Waals surface area contributed by atoms with E-state index in [4.69, 9.17) is 9.47 Å². The van der Waals surface area contributed by atoms with Crippen molar-refractivity contribution >= 4 is 29.5 Å². The summed E-state index contributed by atoms with van der Waals surface area (Å²) in [5, 5.41) is 2.64. The van der Waals surface area contributed by atoms with Crippen LogP contribution in [0.1, 0.15) is 90.6 Å². The van der Waals surface area contributed by atoms with Gasteiger partial charge in [-0.25, -0.2) is 4.79 Å². The van der Waals surface area contributed by atoms with Crippen LogP contribution in [-0.2, 0) is 20.5 Å². The molecule has 0 spiro atoms. The summed E-state index contributed by atoms with van der Waals surface area (Å²) >= 11 is 0. The first-order chi connectivity index (χ1) is 19.8. The zero-order valence-electron chi connectivity index (χ0n) is 26.2. The number of ether oxygens (including phenoxy) is 2. The van der Waals surface area contributed by atoms with Crippen molar-refractivity contribution in [1.29, 1.82) is 0 Å². The number of piperidine rings is 1. The Labute approximate surface area is 250 Å². The summed E-state index contributed by atoms with van der Waals surface area (Å²) < 4.78 is 54.7. The number of hydrogen-bond donors (Lipinski definition) is 1. The molecule has 0 bridgehead atoms. The molecular formula is C30H43F3N4O6. The first kappa shape index (κ1) is 34.0. The summed E-state index contributed by atoms with van der Waals surface area (Å²) in [5.41, 5.74) is -4.10. The van der Waals surface area contributed by atoms with Crippen molar-refractivity contribution in [2.45, 2.75) is 104 Å². The second-order valence-electron chi connectivity index (χ2n) is 12.7. The Morgan fingerprint density at radius 3 is 2.40 bits per heavy atom. The van der Waals surface area contributed by atoms with Crippen LogP contribution in [0.15, 0.2) is 12.1 Å². The van der Waals surface area contributed by atoms with Crippen LogP contribution in [0.3, 0.4) is 0 Å². The van der Waals surface area contributed by atoms with Gasteiger partial charge in [-0.3, -0.25) is 14.4 Å². The van der Waals surface area contributed by atoms with Crippen molar-refractivity contribution < 1.29 is 41.8 Å². The molecule has 1 aromatic carbocycles. The predicted molar refractivity (Wildman–Crippen MR) is 154 cm³/mol. The molecule has 43 heavy (non-hydrogen) atoms. The van der Waals surface area contributed by atoms with Crippen LogP contribution >= 0.6 is 0 Å². The van der Waals surface area contributed by atoms with Gasteiger partial charge in [0.05, 0.1) is 22.9 Å². The van der Waals surface area contributed by atoms with Crippen molar-refractivity contribution in [2.75, 3.05) is 31.1 Å². The predicted octanol–water partition coefficient (Wildman–Crippen LogP) is 4.99. The summed E-state index contributed by atoms with van der Waals surface area (Å²) in [6, 6.07) is 0.702. The standard InChI is InChI=1S/C30H43F3N4O6/c1-9-34-24(38)12-14-36-22-15-20(21(30(31,32)33)16-23(22)42-29(7,8)26(36)40)25(39)37(18(2)3)19-11-10-13-35(17-19)27(41)43-28(4,5)6/h15-16,18-19H,9-14,17H2,1-8H3,(H,34,38)/t19-/m1/s1. The number of amides is 4. The van der Waals surface area contributed by atoms with Crippen molar-refractivity contribution in [3.05, 3.63) is 23.3 Å². The van der Waals surface area contributed by atoms with E-state index in [9.17, 15) is 32.3 Å². The van der Waals surface area contributed by atoms with Gasteiger partial charge < -0.3 is 29.5 Å². The minimum Gasteiger partial charge on any atom is -0.476 e. The molecule has 1 fully saturated rings. The van der Waals surface area contributed by atoms with Crippen molar-refractivity contribution in [3.63, 3.8) is 0 Å². The highest BCUT2D eigenvalue weighted by Crippen LogP contribution is 2.44. The fourth-order valence-electron chi connectivity index (χ4n) is 5.38. The Morgan fingerprint density at radius 1 is 1.19 bits per heavy atom. The van der Waals surface area contributed by atoms with E-state index in [1.807, 2.05) is 0 Å². The summed E-state index contributed by atoms with van der Waals surface area (Å²) in [7, 11) is 0. The lowest BCUT2D eigenvalue weighted by molar-refractivity contribution is -0.138. The van der Waals surface area contributed by atoms with Crippen LogP contribution in [0.4, 0.5) is 23.7 Å². The number of carbonyl (C=O) groups is 4. The molecule has 0 aliphatic carbocycles. The number of fused-ring (bicyclic) bond motifs is 1. The van der Waals surface area contributed by atoms with Gasteiger partial charge in [-0.2, -0.15) is 13.2 Å². The second kappa shape index (κ2) is 12.6. The summed E-state index contributed by atoms with van der Waals surface area (Å²) in [6.45, 7) is 14.0. The van der Waals surface area contributed by atoms with E-state index in [2.05, 4.69) is 5.32 Å². The molecule has 3 rings (SSSR count). The lowest BCUT2D eigenvalue weighted by atomic mass is 9.96. The Balaban J connectivity index is 2.06. The number of likely N-dealkylation sites (tertiary alicyclic amines) is 1. The Hall–Kier alpha value is -3.51. The lowest BCUT2D eigenvalue weighted by Crippen LogP contribution is -2.55. The topological polar surface area (TPSA) is 108 Å². The smallest absolute Gasteiger partial charge is 0.417 e. The summed E-state index contributed by atoms with van der Waals surface area (Å²) in [4.78, 5) is 56.4. The molecule has 1 aromatic rings. The zero-order valence-corrected chi connectivity index (χ0v) is 26.2. The highest BCUT2D eigenvalue weighted by molar-refractivity contribution is 6.05. The van der Waals surface area contributed by atoms with Crippen LogP contribution in [-0.4, -0.2) is 83.1 Å². The van der Waals surface area contributed by atoms with Gasteiger partial charge in [-0.05, 0) is 80.4 Å². The lowest BCUT2D eigenvalue weighted by Gasteiger charge is -2.42. The molecule has 13 heteroatoms. The van der Waals surface area contributed by atoms with Crippen molar-refractivity contribution in [3.8, 4) is 5.75 Å². The largest absolute Gasteiger partial charge is 0.476 e. The van der Waals surface area contributed by atoms with Gasteiger partial charge in [0.15, 0.2) is 5.60 Å². The van der Waals surface area contributed by atoms with Gasteiger partial charge in [-0.1, -0.05) is 0 Å². The highest BCUT2D eigenvalue weighted by atomic mass is 19.4. The molecule has 0 unspecified atom stereocenters. The highest BCUT2D eigenvalue weighted by Gasteiger charge is 2.45. The van der Waals surface area contributed by atoms with Gasteiger partial charge in [0.1, 0.15) is 11.4 Å². The van der Waals surface area contributed by atoms with Gasteiger partial charge in [-0.15, -0.1) is 0 Å². The van der Waals surface area contributed by atoms with Crippen LogP contribution in [0, 0.1) is 0 Å². The van der Waals surface area contributed by atoms with E-state index in [1.54, 1.807) is 41.5 Å². The average Bonchev–Trinajstić information content (AvgIpc) is 2.87. The van der Waals surface area contributed by atoms with Crippen LogP contribution < -0.4 is 15.0 Å². The molecule has 2 heterocycles. The normalized spacial score (nSPS) is 18.6. The molecule has 0 aromatic heterocycles. The molecule has 2 aliphatic rings. The molecule has 1 N–H and O–H groups in total. The third kappa shape index (κ3) is 7.91. The Morgan fingerprint density at radius 2 is 1.84 bits per heavy atom. The zero-order chi connectivity index (χ0) is 32.5. The fourth-order valence-corrected chi connectivity index (χ4v) is 5.38. The van der Waals surface area contributed by atoms with Crippen molar-refractivity contribution in [2.24, 2.45) is 0 Å². The number of anilines is 1. The number of carbonyl (C=O) groups excluding carboxylic acids is 4. The van der Waals surface area contributed by atoms with Gasteiger partial charge in [0.2, 0.25) is 5.91 Å². The molecule has 240 valence electrons. The monoisotopic (exact) mass is 612 g/mol. The van der Waals surface area contributed by atoms with E-state index in [0.717, 1.165) is 12.1 Å². The van der Waals surface area contributed by atoms with Crippen molar-refractivity contribution in [1.82, 2.24) is 15.1 Å². The number of rotatable bonds is 7. The number of benzene rings is 1. The Bertz CT molecular complexity index is 1240. The first-order valence-electron chi connectivity index (χ1n) is 14.6. The minimum absolute atomic E-state index is 0.0206. The number of hydrogen-bond acceptors (Lipinski definition) is 6. The van der Waals surface area contributed by atoms with Crippen LogP contribution in [0.5, 0.6) is 5.75 Å². The first-order valence-corrected chi connectivity index (χ1v) is 14.6. The quantitative estimate of drug-likeness (QED) is 0.465. The molecule has 1 atom stereocenters. The maximum absolute atomic E-state index is 14.5. The Kier molecular flexibility index (Phi) is 9.97. The van der Waals surface area contributed by atoms with E-state index in [-0.39, 0.29) is 36.9 Å². The molecule has 0 radical (unpaired) electrons. The SMILES string of the molecule is CCNC(=O)CCN1C(=O)C(C)(C)Oc2cc(C(F)(F)F)c(C(=O)N(C(C)C)[C@@H]3CCCN(C(=O)OC(C)(C)C)C3)cc21.